The Kier molecular flexibility index (Phi) is 4.99. The Bertz CT molecular complexity index is 639. The lowest BCUT2D eigenvalue weighted by molar-refractivity contribution is 0.0733. The largest absolute Gasteiger partial charge is 0.423 e. The van der Waals surface area contributed by atoms with Crippen LogP contribution in [0, 0.1) is 5.41 Å². The third-order valence-corrected chi connectivity index (χ3v) is 3.32. The minimum atomic E-state index is -0.358. The van der Waals surface area contributed by atoms with Crippen LogP contribution in [0.3, 0.4) is 0 Å². The molecule has 0 saturated heterocycles. The van der Waals surface area contributed by atoms with Gasteiger partial charge in [0.25, 0.3) is 0 Å². The van der Waals surface area contributed by atoms with E-state index in [-0.39, 0.29) is 11.4 Å². The van der Waals surface area contributed by atoms with Gasteiger partial charge < -0.3 is 10.5 Å². The number of esters is 1. The van der Waals surface area contributed by atoms with Crippen molar-refractivity contribution in [1.29, 1.82) is 0 Å². The summed E-state index contributed by atoms with van der Waals surface area (Å²) in [6, 6.07) is 14.9. The minimum absolute atomic E-state index is 0.224. The van der Waals surface area contributed by atoms with Gasteiger partial charge in [0.1, 0.15) is 5.75 Å². The first-order valence-electron chi connectivity index (χ1n) is 7.48. The van der Waals surface area contributed by atoms with Crippen LogP contribution in [-0.2, 0) is 13.0 Å². The molecule has 3 nitrogen and oxygen atoms in total. The maximum atomic E-state index is 12.2. The maximum absolute atomic E-state index is 12.2. The first-order chi connectivity index (χ1) is 10.4. The Hall–Kier alpha value is -2.13. The van der Waals surface area contributed by atoms with E-state index in [1.54, 1.807) is 6.07 Å². The summed E-state index contributed by atoms with van der Waals surface area (Å²) in [5.41, 5.74) is 8.46. The summed E-state index contributed by atoms with van der Waals surface area (Å²) in [7, 11) is 0. The molecule has 0 unspecified atom stereocenters. The summed E-state index contributed by atoms with van der Waals surface area (Å²) in [5, 5.41) is 0. The zero-order chi connectivity index (χ0) is 16.2. The molecule has 0 spiro atoms. The molecule has 0 amide bonds. The van der Waals surface area contributed by atoms with Crippen molar-refractivity contribution in [1.82, 2.24) is 0 Å². The molecule has 2 N–H and O–H groups in total. The van der Waals surface area contributed by atoms with Crippen LogP contribution in [0.1, 0.15) is 42.3 Å². The number of benzene rings is 2. The van der Waals surface area contributed by atoms with Crippen molar-refractivity contribution in [3.05, 3.63) is 65.2 Å². The van der Waals surface area contributed by atoms with E-state index in [0.717, 1.165) is 12.0 Å². The zero-order valence-electron chi connectivity index (χ0n) is 13.4. The summed E-state index contributed by atoms with van der Waals surface area (Å²) >= 11 is 0. The molecule has 116 valence electrons. The number of carbonyl (C=O) groups is 1. The van der Waals surface area contributed by atoms with Crippen molar-refractivity contribution in [2.45, 2.75) is 33.7 Å². The standard InChI is InChI=1S/C19H23NO2/c1-19(2,3)12-14-8-10-15(11-9-14)18(21)22-17-7-5-4-6-16(17)13-20/h4-11H,12-13,20H2,1-3H3. The SMILES string of the molecule is CC(C)(C)Cc1ccc(C(=O)Oc2ccccc2CN)cc1. The molecule has 3 heteroatoms. The number of ether oxygens (including phenoxy) is 1. The van der Waals surface area contributed by atoms with E-state index in [1.165, 1.54) is 5.56 Å². The van der Waals surface area contributed by atoms with Crippen LogP contribution in [0.5, 0.6) is 5.75 Å². The van der Waals surface area contributed by atoms with Crippen LogP contribution in [0.25, 0.3) is 0 Å². The summed E-state index contributed by atoms with van der Waals surface area (Å²) in [6.07, 6.45) is 0.971. The number of hydrogen-bond donors (Lipinski definition) is 1. The van der Waals surface area contributed by atoms with Gasteiger partial charge in [0.05, 0.1) is 5.56 Å². The Balaban J connectivity index is 2.10. The van der Waals surface area contributed by atoms with E-state index >= 15 is 0 Å². The Morgan fingerprint density at radius 1 is 1.05 bits per heavy atom. The Labute approximate surface area is 132 Å². The average molecular weight is 297 g/mol. The highest BCUT2D eigenvalue weighted by Gasteiger charge is 2.13. The Morgan fingerprint density at radius 3 is 2.27 bits per heavy atom. The molecule has 0 aliphatic heterocycles. The predicted molar refractivity (Wildman–Crippen MR) is 88.9 cm³/mol. The monoisotopic (exact) mass is 297 g/mol. The lowest BCUT2D eigenvalue weighted by Gasteiger charge is -2.18. The summed E-state index contributed by atoms with van der Waals surface area (Å²) in [4.78, 5) is 12.2. The van der Waals surface area contributed by atoms with Crippen LogP contribution in [-0.4, -0.2) is 5.97 Å². The molecule has 0 atom stereocenters. The fourth-order valence-corrected chi connectivity index (χ4v) is 2.30. The molecule has 0 fully saturated rings. The number of rotatable bonds is 4. The molecule has 2 rings (SSSR count). The van der Waals surface area contributed by atoms with Gasteiger partial charge in [-0.3, -0.25) is 0 Å². The van der Waals surface area contributed by atoms with Crippen LogP contribution in [0.2, 0.25) is 0 Å². The molecule has 0 heterocycles. The fourth-order valence-electron chi connectivity index (χ4n) is 2.30. The minimum Gasteiger partial charge on any atom is -0.423 e. The second-order valence-corrected chi connectivity index (χ2v) is 6.64. The summed E-state index contributed by atoms with van der Waals surface area (Å²) in [5.74, 6) is 0.164. The van der Waals surface area contributed by atoms with E-state index in [4.69, 9.17) is 10.5 Å². The molecule has 0 aromatic heterocycles. The molecule has 22 heavy (non-hydrogen) atoms. The van der Waals surface area contributed by atoms with Crippen LogP contribution < -0.4 is 10.5 Å². The quantitative estimate of drug-likeness (QED) is 0.686. The van der Waals surface area contributed by atoms with Gasteiger partial charge >= 0.3 is 5.97 Å². The topological polar surface area (TPSA) is 52.3 Å². The smallest absolute Gasteiger partial charge is 0.343 e. The van der Waals surface area contributed by atoms with E-state index in [9.17, 15) is 4.79 Å². The first kappa shape index (κ1) is 16.2. The number of para-hydroxylation sites is 1. The lowest BCUT2D eigenvalue weighted by Crippen LogP contribution is -2.12. The first-order valence-corrected chi connectivity index (χ1v) is 7.48. The van der Waals surface area contributed by atoms with Gasteiger partial charge in [-0.1, -0.05) is 51.1 Å². The highest BCUT2D eigenvalue weighted by atomic mass is 16.5. The molecular formula is C19H23NO2. The van der Waals surface area contributed by atoms with Crippen molar-refractivity contribution in [2.24, 2.45) is 11.1 Å². The zero-order valence-corrected chi connectivity index (χ0v) is 13.4. The van der Waals surface area contributed by atoms with E-state index < -0.39 is 0 Å². The van der Waals surface area contributed by atoms with Crippen LogP contribution in [0.4, 0.5) is 0 Å². The highest BCUT2D eigenvalue weighted by molar-refractivity contribution is 5.91. The number of hydrogen-bond acceptors (Lipinski definition) is 3. The van der Waals surface area contributed by atoms with Crippen molar-refractivity contribution in [3.8, 4) is 5.75 Å². The highest BCUT2D eigenvalue weighted by Crippen LogP contribution is 2.22. The van der Waals surface area contributed by atoms with Gasteiger partial charge in [-0.05, 0) is 35.6 Å². The number of carbonyl (C=O) groups excluding carboxylic acids is 1. The average Bonchev–Trinajstić information content (AvgIpc) is 2.47. The molecule has 0 aliphatic carbocycles. The van der Waals surface area contributed by atoms with E-state index in [1.807, 2.05) is 42.5 Å². The van der Waals surface area contributed by atoms with E-state index in [0.29, 0.717) is 17.9 Å². The normalized spacial score (nSPS) is 11.3. The van der Waals surface area contributed by atoms with Gasteiger partial charge in [0, 0.05) is 12.1 Å². The predicted octanol–water partition coefficient (Wildman–Crippen LogP) is 3.95. The van der Waals surface area contributed by atoms with Gasteiger partial charge in [-0.2, -0.15) is 0 Å². The lowest BCUT2D eigenvalue weighted by atomic mass is 9.88. The number of nitrogens with two attached hydrogens (primary N) is 1. The molecule has 0 saturated carbocycles. The third kappa shape index (κ3) is 4.43. The van der Waals surface area contributed by atoms with Crippen molar-refractivity contribution in [3.63, 3.8) is 0 Å². The second kappa shape index (κ2) is 6.75. The Morgan fingerprint density at radius 2 is 1.68 bits per heavy atom. The fraction of sp³-hybridized carbons (Fsp3) is 0.316. The molecule has 2 aromatic carbocycles. The molecule has 0 radical (unpaired) electrons. The third-order valence-electron chi connectivity index (χ3n) is 3.32. The summed E-state index contributed by atoms with van der Waals surface area (Å²) in [6.45, 7) is 6.92. The van der Waals surface area contributed by atoms with Crippen LogP contribution >= 0.6 is 0 Å². The second-order valence-electron chi connectivity index (χ2n) is 6.64. The van der Waals surface area contributed by atoms with Crippen LogP contribution in [0.15, 0.2) is 48.5 Å². The van der Waals surface area contributed by atoms with Gasteiger partial charge in [0.2, 0.25) is 0 Å². The van der Waals surface area contributed by atoms with Gasteiger partial charge in [0.15, 0.2) is 0 Å². The van der Waals surface area contributed by atoms with Crippen molar-refractivity contribution < 1.29 is 9.53 Å². The maximum Gasteiger partial charge on any atom is 0.343 e. The van der Waals surface area contributed by atoms with Crippen molar-refractivity contribution in [2.75, 3.05) is 0 Å². The molecule has 2 aromatic rings. The van der Waals surface area contributed by atoms with Gasteiger partial charge in [-0.15, -0.1) is 0 Å². The van der Waals surface area contributed by atoms with Crippen molar-refractivity contribution >= 4 is 5.97 Å². The van der Waals surface area contributed by atoms with E-state index in [2.05, 4.69) is 20.8 Å². The van der Waals surface area contributed by atoms with Gasteiger partial charge in [-0.25, -0.2) is 4.79 Å². The molecular weight excluding hydrogens is 274 g/mol. The molecule has 0 aliphatic rings. The summed E-state index contributed by atoms with van der Waals surface area (Å²) < 4.78 is 5.44. The molecule has 0 bridgehead atoms.